The second-order valence-corrected chi connectivity index (χ2v) is 25.0. The summed E-state index contributed by atoms with van der Waals surface area (Å²) in [4.78, 5) is 54.9. The maximum atomic E-state index is 14.2. The molecule has 6 aliphatic rings. The van der Waals surface area contributed by atoms with Crippen LogP contribution in [-0.4, -0.2) is 231 Å². The van der Waals surface area contributed by atoms with Crippen molar-refractivity contribution in [3.8, 4) is 0 Å². The minimum Gasteiger partial charge on any atom is -0.455 e. The summed E-state index contributed by atoms with van der Waals surface area (Å²) >= 11 is 0. The molecule has 27 atom stereocenters. The lowest BCUT2D eigenvalue weighted by Crippen LogP contribution is -2.68. The van der Waals surface area contributed by atoms with Crippen molar-refractivity contribution in [2.24, 2.45) is 11.8 Å². The van der Waals surface area contributed by atoms with E-state index in [1.807, 2.05) is 0 Å². The summed E-state index contributed by atoms with van der Waals surface area (Å²) in [6, 6.07) is 8.82. The van der Waals surface area contributed by atoms with Crippen LogP contribution in [-0.2, 0) is 85.5 Å². The highest BCUT2D eigenvalue weighted by Gasteiger charge is 2.59. The molecule has 6 aliphatic heterocycles. The molecule has 1 aromatic rings. The zero-order valence-electron chi connectivity index (χ0n) is 53.2. The molecule has 1 aromatic carbocycles. The molecule has 0 aliphatic carbocycles. The van der Waals surface area contributed by atoms with Gasteiger partial charge in [0.15, 0.2) is 55.9 Å². The summed E-state index contributed by atoms with van der Waals surface area (Å²) in [7, 11) is 0. The molecule has 6 fully saturated rings. The van der Waals surface area contributed by atoms with Crippen LogP contribution in [0.3, 0.4) is 0 Å². The van der Waals surface area contributed by atoms with Crippen molar-refractivity contribution < 1.29 is 126 Å². The Labute approximate surface area is 526 Å². The van der Waals surface area contributed by atoms with Gasteiger partial charge in [-0.2, -0.15) is 0 Å². The molecule has 0 bridgehead atoms. The van der Waals surface area contributed by atoms with Gasteiger partial charge < -0.3 is 107 Å². The van der Waals surface area contributed by atoms with E-state index in [1.54, 1.807) is 58.0 Å². The van der Waals surface area contributed by atoms with Gasteiger partial charge in [0.25, 0.3) is 0 Å². The summed E-state index contributed by atoms with van der Waals surface area (Å²) in [5.74, 6) is -4.65. The van der Waals surface area contributed by atoms with Crippen LogP contribution < -0.4 is 0 Å². The number of esters is 4. The van der Waals surface area contributed by atoms with Crippen molar-refractivity contribution >= 4 is 30.0 Å². The first kappa shape index (κ1) is 73.5. The summed E-state index contributed by atoms with van der Waals surface area (Å²) < 4.78 is 88.3. The van der Waals surface area contributed by atoms with E-state index in [1.165, 1.54) is 33.8 Å². The molecule has 7 rings (SSSR count). The van der Waals surface area contributed by atoms with Crippen molar-refractivity contribution in [1.82, 2.24) is 0 Å². The second kappa shape index (κ2) is 35.0. The summed E-state index contributed by atoms with van der Waals surface area (Å²) in [5.41, 5.74) is 0.653. The number of fused-ring (bicyclic) bond motifs is 2. The Morgan fingerprint density at radius 3 is 1.83 bits per heavy atom. The van der Waals surface area contributed by atoms with E-state index >= 15 is 0 Å². The normalized spacial score (nSPS) is 40.7. The Hall–Kier alpha value is -3.88. The number of rotatable bonds is 19. The number of unbranched alkanes of at least 4 members (excludes halogenated alkanes) is 2. The molecule has 2 unspecified atom stereocenters. The van der Waals surface area contributed by atoms with Gasteiger partial charge in [0.1, 0.15) is 73.2 Å². The van der Waals surface area contributed by atoms with Crippen LogP contribution in [0.4, 0.5) is 0 Å². The summed E-state index contributed by atoms with van der Waals surface area (Å²) in [5, 5.41) is 91.6. The van der Waals surface area contributed by atoms with Gasteiger partial charge in [-0.15, -0.1) is 0 Å². The third-order valence-electron chi connectivity index (χ3n) is 17.6. The zero-order valence-corrected chi connectivity index (χ0v) is 53.2. The topological polar surface area (TPSA) is 359 Å². The Balaban J connectivity index is 1.24. The van der Waals surface area contributed by atoms with Crippen LogP contribution in [0, 0.1) is 11.8 Å². The lowest BCUT2D eigenvalue weighted by molar-refractivity contribution is -0.400. The molecule has 90 heavy (non-hydrogen) atoms. The average Bonchev–Trinajstić information content (AvgIpc) is 0.807. The van der Waals surface area contributed by atoms with Gasteiger partial charge in [-0.3, -0.25) is 14.4 Å². The molecule has 0 spiro atoms. The number of carbonyl (C=O) groups excluding carboxylic acids is 4. The predicted molar refractivity (Wildman–Crippen MR) is 314 cm³/mol. The Morgan fingerprint density at radius 1 is 0.556 bits per heavy atom. The first-order chi connectivity index (χ1) is 43.0. The number of benzene rings is 1. The predicted octanol–water partition coefficient (Wildman–Crippen LogP) is 3.30. The van der Waals surface area contributed by atoms with Gasteiger partial charge in [-0.1, -0.05) is 123 Å². The van der Waals surface area contributed by atoms with E-state index in [4.69, 9.17) is 66.3 Å². The minimum atomic E-state index is -1.96. The summed E-state index contributed by atoms with van der Waals surface area (Å²) in [6.45, 7) is 13.8. The molecule has 6 saturated heterocycles. The van der Waals surface area contributed by atoms with Gasteiger partial charge >= 0.3 is 23.9 Å². The molecule has 0 saturated carbocycles. The Bertz CT molecular complexity index is 2380. The van der Waals surface area contributed by atoms with Crippen LogP contribution >= 0.6 is 0 Å². The SMILES string of the molecule is CCCCCC1CCCCCCCCCC(=O)O[C@H]2[C@H](O[C@H]3[C@H](O1)O[C@H](CO)[C@@H](O)[C@@H]3O)O[C@@H](C)[C@H](O[C@@H]1O[C@@H](C)[C@H](O[C@@H]3O[C@@H](C)[C@H](OC(=O)C(C)C)[C@@H](OC(=O)/C=C/c4ccccc4)[C@H]3O)[C@@H](O[C@@H]3O[C@@H](C)[C@H](O)[C@@H](O)[C@H]3O)[C@H]1OC(=O)C(C)CC)[C@H]2O. The van der Waals surface area contributed by atoms with E-state index in [0.29, 0.717) is 31.2 Å². The maximum Gasteiger partial charge on any atom is 0.331 e. The smallest absolute Gasteiger partial charge is 0.331 e. The highest BCUT2D eigenvalue weighted by molar-refractivity contribution is 5.87. The molecule has 26 heteroatoms. The van der Waals surface area contributed by atoms with E-state index in [2.05, 4.69) is 6.92 Å². The molecule has 0 radical (unpaired) electrons. The van der Waals surface area contributed by atoms with Crippen LogP contribution in [0.15, 0.2) is 36.4 Å². The number of ether oxygens (including phenoxy) is 14. The molecule has 0 aromatic heterocycles. The lowest BCUT2D eigenvalue weighted by Gasteiger charge is -2.51. The van der Waals surface area contributed by atoms with Crippen LogP contribution in [0.2, 0.25) is 0 Å². The van der Waals surface area contributed by atoms with Gasteiger partial charge in [-0.05, 0) is 65.0 Å². The molecule has 26 nitrogen and oxygen atoms in total. The number of hydrogen-bond acceptors (Lipinski definition) is 26. The van der Waals surface area contributed by atoms with Crippen molar-refractivity contribution in [2.75, 3.05) is 6.61 Å². The Kier molecular flexibility index (Phi) is 28.6. The third kappa shape index (κ3) is 19.2. The number of aliphatic hydroxyl groups excluding tert-OH is 8. The van der Waals surface area contributed by atoms with Gasteiger partial charge in [0.2, 0.25) is 0 Å². The van der Waals surface area contributed by atoms with Crippen molar-refractivity contribution in [2.45, 2.75) is 312 Å². The molecule has 0 amide bonds. The van der Waals surface area contributed by atoms with Crippen LogP contribution in [0.25, 0.3) is 6.08 Å². The van der Waals surface area contributed by atoms with E-state index in [9.17, 15) is 60.0 Å². The molecular weight excluding hydrogens is 1180 g/mol. The van der Waals surface area contributed by atoms with E-state index in [0.717, 1.165) is 57.4 Å². The van der Waals surface area contributed by atoms with Gasteiger partial charge in [-0.25, -0.2) is 4.79 Å². The molecule has 512 valence electrons. The first-order valence-corrected chi connectivity index (χ1v) is 32.4. The number of hydrogen-bond donors (Lipinski definition) is 8. The molecule has 8 N–H and O–H groups in total. The standard InChI is InChI=1S/C64H100O26/c1-10-12-19-26-39-27-22-16-14-13-15-17-23-28-41(66)84-55-48(73)50(35(7)79-62(55)89-54-46(71)44(69)40(31-65)82-63(54)81-39)87-64-57(86-59(76)33(5)11-2)56(90-60-47(72)45(70)43(68)34(6)77-60)52(37(9)80-64)88-61-49(74)53(51(36(8)78-61)85-58(75)32(3)4)83-42(67)30-29-38-24-20-18-21-25-38/h18,20-21,24-25,29-30,32-37,39-40,43-57,60-65,68-74H,10-17,19,22-23,26-28,31H2,1-9H3/b30-29+/t33?,34-,35-,36-,37-,39?,40+,43-,44+,45+,46-,47+,48+,49+,50-,51-,52-,53-,54+,55+,56+,57+,60-,61-,62-,63+,64-/m0/s1. The fourth-order valence-corrected chi connectivity index (χ4v) is 11.8. The molecule has 6 heterocycles. The van der Waals surface area contributed by atoms with Crippen molar-refractivity contribution in [1.29, 1.82) is 0 Å². The maximum absolute atomic E-state index is 14.2. The zero-order chi connectivity index (χ0) is 65.5. The second-order valence-electron chi connectivity index (χ2n) is 25.0. The largest absolute Gasteiger partial charge is 0.455 e. The fourth-order valence-electron chi connectivity index (χ4n) is 11.8. The monoisotopic (exact) mass is 1280 g/mol. The lowest BCUT2D eigenvalue weighted by atomic mass is 9.95. The summed E-state index contributed by atoms with van der Waals surface area (Å²) in [6.07, 6.45) is -28.3. The van der Waals surface area contributed by atoms with Crippen LogP contribution in [0.5, 0.6) is 0 Å². The fraction of sp³-hybridized carbons (Fsp3) is 0.812. The van der Waals surface area contributed by atoms with E-state index in [-0.39, 0.29) is 18.9 Å². The quantitative estimate of drug-likeness (QED) is 0.0426. The average molecular weight is 1290 g/mol. The van der Waals surface area contributed by atoms with E-state index < -0.39 is 196 Å². The number of aliphatic hydroxyl groups is 8. The number of carbonyl (C=O) groups is 4. The van der Waals surface area contributed by atoms with Crippen LogP contribution in [0.1, 0.15) is 158 Å². The van der Waals surface area contributed by atoms with Crippen molar-refractivity contribution in [3.63, 3.8) is 0 Å². The van der Waals surface area contributed by atoms with Gasteiger partial charge in [0.05, 0.1) is 49.0 Å². The third-order valence-corrected chi connectivity index (χ3v) is 17.6. The minimum absolute atomic E-state index is 0.0681. The van der Waals surface area contributed by atoms with Crippen molar-refractivity contribution in [3.05, 3.63) is 42.0 Å². The highest BCUT2D eigenvalue weighted by Crippen LogP contribution is 2.40. The van der Waals surface area contributed by atoms with Gasteiger partial charge in [0, 0.05) is 12.5 Å². The molecular formula is C64H100O26. The highest BCUT2D eigenvalue weighted by atomic mass is 16.8. The first-order valence-electron chi connectivity index (χ1n) is 32.4. The Morgan fingerprint density at radius 2 is 1.16 bits per heavy atom.